The molecular formula is C13H18N2O3. The summed E-state index contributed by atoms with van der Waals surface area (Å²) in [6.07, 6.45) is 0. The monoisotopic (exact) mass is 250 g/mol. The SMILES string of the molecule is Nc1ccccc1C(=O)OCCN1CCOCC1. The molecule has 5 heteroatoms. The molecule has 1 heterocycles. The van der Waals surface area contributed by atoms with Gasteiger partial charge in [-0.3, -0.25) is 4.90 Å². The smallest absolute Gasteiger partial charge is 0.340 e. The fourth-order valence-corrected chi connectivity index (χ4v) is 1.85. The molecule has 0 bridgehead atoms. The molecule has 1 aliphatic rings. The van der Waals surface area contributed by atoms with Crippen molar-refractivity contribution in [1.82, 2.24) is 4.90 Å². The number of anilines is 1. The van der Waals surface area contributed by atoms with E-state index in [-0.39, 0.29) is 5.97 Å². The van der Waals surface area contributed by atoms with Gasteiger partial charge in [-0.2, -0.15) is 0 Å². The molecule has 2 N–H and O–H groups in total. The molecule has 1 fully saturated rings. The van der Waals surface area contributed by atoms with Gasteiger partial charge < -0.3 is 15.2 Å². The summed E-state index contributed by atoms with van der Waals surface area (Å²) in [5.41, 5.74) is 6.59. The molecule has 18 heavy (non-hydrogen) atoms. The fraction of sp³-hybridized carbons (Fsp3) is 0.462. The maximum Gasteiger partial charge on any atom is 0.340 e. The van der Waals surface area contributed by atoms with E-state index in [1.165, 1.54) is 0 Å². The molecule has 1 aromatic rings. The predicted molar refractivity (Wildman–Crippen MR) is 68.4 cm³/mol. The minimum atomic E-state index is -0.360. The van der Waals surface area contributed by atoms with Crippen molar-refractivity contribution >= 4 is 11.7 Å². The minimum Gasteiger partial charge on any atom is -0.461 e. The lowest BCUT2D eigenvalue weighted by atomic mass is 10.2. The third kappa shape index (κ3) is 3.45. The second-order valence-corrected chi connectivity index (χ2v) is 4.18. The van der Waals surface area contributed by atoms with Crippen LogP contribution in [0.5, 0.6) is 0 Å². The summed E-state index contributed by atoms with van der Waals surface area (Å²) in [5, 5.41) is 0. The lowest BCUT2D eigenvalue weighted by Gasteiger charge is -2.26. The van der Waals surface area contributed by atoms with Crippen molar-refractivity contribution in [2.75, 3.05) is 45.2 Å². The quantitative estimate of drug-likeness (QED) is 0.631. The normalized spacial score (nSPS) is 16.4. The van der Waals surface area contributed by atoms with Crippen LogP contribution in [0.15, 0.2) is 24.3 Å². The number of nitrogens with two attached hydrogens (primary N) is 1. The molecule has 2 rings (SSSR count). The Labute approximate surface area is 106 Å². The standard InChI is InChI=1S/C13H18N2O3/c14-12-4-2-1-3-11(12)13(16)18-10-7-15-5-8-17-9-6-15/h1-4H,5-10,14H2. The Morgan fingerprint density at radius 2 is 2.06 bits per heavy atom. The maximum absolute atomic E-state index is 11.8. The van der Waals surface area contributed by atoms with E-state index in [1.807, 2.05) is 0 Å². The summed E-state index contributed by atoms with van der Waals surface area (Å²) in [6.45, 7) is 4.41. The molecule has 0 saturated carbocycles. The van der Waals surface area contributed by atoms with Gasteiger partial charge in [-0.25, -0.2) is 4.79 Å². The number of carbonyl (C=O) groups is 1. The first-order valence-corrected chi connectivity index (χ1v) is 6.09. The van der Waals surface area contributed by atoms with Crippen LogP contribution in [0.1, 0.15) is 10.4 Å². The Balaban J connectivity index is 1.76. The van der Waals surface area contributed by atoms with Crippen molar-refractivity contribution in [3.63, 3.8) is 0 Å². The average Bonchev–Trinajstić information content (AvgIpc) is 2.40. The zero-order chi connectivity index (χ0) is 12.8. The van der Waals surface area contributed by atoms with Gasteiger partial charge in [0.1, 0.15) is 6.61 Å². The van der Waals surface area contributed by atoms with Crippen LogP contribution in [-0.2, 0) is 9.47 Å². The van der Waals surface area contributed by atoms with E-state index in [0.717, 1.165) is 32.8 Å². The van der Waals surface area contributed by atoms with E-state index in [1.54, 1.807) is 24.3 Å². The summed E-state index contributed by atoms with van der Waals surface area (Å²) >= 11 is 0. The second kappa shape index (κ2) is 6.37. The van der Waals surface area contributed by atoms with E-state index in [2.05, 4.69) is 4.90 Å². The second-order valence-electron chi connectivity index (χ2n) is 4.18. The molecule has 0 radical (unpaired) electrons. The Bertz CT molecular complexity index is 403. The molecule has 0 atom stereocenters. The van der Waals surface area contributed by atoms with Crippen LogP contribution in [0, 0.1) is 0 Å². The van der Waals surface area contributed by atoms with Crippen LogP contribution in [0.3, 0.4) is 0 Å². The molecule has 0 aromatic heterocycles. The number of para-hydroxylation sites is 1. The molecule has 0 unspecified atom stereocenters. The van der Waals surface area contributed by atoms with Crippen LogP contribution >= 0.6 is 0 Å². The number of esters is 1. The average molecular weight is 250 g/mol. The topological polar surface area (TPSA) is 64.8 Å². The number of nitrogens with zero attached hydrogens (tertiary/aromatic N) is 1. The van der Waals surface area contributed by atoms with E-state index in [9.17, 15) is 4.79 Å². The maximum atomic E-state index is 11.8. The van der Waals surface area contributed by atoms with Crippen LogP contribution in [0.4, 0.5) is 5.69 Å². The predicted octanol–water partition coefficient (Wildman–Crippen LogP) is 0.758. The van der Waals surface area contributed by atoms with Gasteiger partial charge in [0, 0.05) is 25.3 Å². The molecule has 1 aliphatic heterocycles. The fourth-order valence-electron chi connectivity index (χ4n) is 1.85. The molecule has 1 aromatic carbocycles. The van der Waals surface area contributed by atoms with Crippen molar-refractivity contribution in [1.29, 1.82) is 0 Å². The highest BCUT2D eigenvalue weighted by atomic mass is 16.5. The lowest BCUT2D eigenvalue weighted by molar-refractivity contribution is 0.0196. The van der Waals surface area contributed by atoms with Gasteiger partial charge in [0.2, 0.25) is 0 Å². The lowest BCUT2D eigenvalue weighted by Crippen LogP contribution is -2.38. The summed E-state index contributed by atoms with van der Waals surface area (Å²) < 4.78 is 10.5. The van der Waals surface area contributed by atoms with Crippen molar-refractivity contribution in [3.8, 4) is 0 Å². The number of carbonyl (C=O) groups excluding carboxylic acids is 1. The summed E-state index contributed by atoms with van der Waals surface area (Å²) in [5.74, 6) is -0.360. The molecule has 1 saturated heterocycles. The summed E-state index contributed by atoms with van der Waals surface area (Å²) in [4.78, 5) is 14.0. The van der Waals surface area contributed by atoms with Gasteiger partial charge in [-0.15, -0.1) is 0 Å². The molecule has 98 valence electrons. The zero-order valence-electron chi connectivity index (χ0n) is 10.3. The first-order chi connectivity index (χ1) is 8.77. The molecule has 0 spiro atoms. The number of hydrogen-bond donors (Lipinski definition) is 1. The number of hydrogen-bond acceptors (Lipinski definition) is 5. The number of ether oxygens (including phenoxy) is 2. The number of morpholine rings is 1. The van der Waals surface area contributed by atoms with Crippen molar-refractivity contribution in [2.24, 2.45) is 0 Å². The Kier molecular flexibility index (Phi) is 4.55. The minimum absolute atomic E-state index is 0.360. The van der Waals surface area contributed by atoms with E-state index < -0.39 is 0 Å². The molecular weight excluding hydrogens is 232 g/mol. The van der Waals surface area contributed by atoms with E-state index >= 15 is 0 Å². The highest BCUT2D eigenvalue weighted by molar-refractivity contribution is 5.94. The van der Waals surface area contributed by atoms with Gasteiger partial charge in [-0.05, 0) is 12.1 Å². The van der Waals surface area contributed by atoms with E-state index in [0.29, 0.717) is 17.9 Å². The third-order valence-corrected chi connectivity index (χ3v) is 2.93. The highest BCUT2D eigenvalue weighted by Gasteiger charge is 2.13. The first kappa shape index (κ1) is 12.9. The van der Waals surface area contributed by atoms with Gasteiger partial charge in [0.05, 0.1) is 18.8 Å². The number of nitrogen functional groups attached to an aromatic ring is 1. The van der Waals surface area contributed by atoms with Crippen LogP contribution < -0.4 is 5.73 Å². The Hall–Kier alpha value is -1.59. The summed E-state index contributed by atoms with van der Waals surface area (Å²) in [6, 6.07) is 6.93. The molecule has 5 nitrogen and oxygen atoms in total. The van der Waals surface area contributed by atoms with Crippen LogP contribution in [0.2, 0.25) is 0 Å². The van der Waals surface area contributed by atoms with Crippen molar-refractivity contribution in [2.45, 2.75) is 0 Å². The highest BCUT2D eigenvalue weighted by Crippen LogP contribution is 2.11. The van der Waals surface area contributed by atoms with Gasteiger partial charge in [-0.1, -0.05) is 12.1 Å². The van der Waals surface area contributed by atoms with Gasteiger partial charge in [0.25, 0.3) is 0 Å². The van der Waals surface area contributed by atoms with Crippen molar-refractivity contribution in [3.05, 3.63) is 29.8 Å². The van der Waals surface area contributed by atoms with Crippen LogP contribution in [0.25, 0.3) is 0 Å². The van der Waals surface area contributed by atoms with Crippen molar-refractivity contribution < 1.29 is 14.3 Å². The first-order valence-electron chi connectivity index (χ1n) is 6.09. The molecule has 0 amide bonds. The summed E-state index contributed by atoms with van der Waals surface area (Å²) in [7, 11) is 0. The van der Waals surface area contributed by atoms with E-state index in [4.69, 9.17) is 15.2 Å². The third-order valence-electron chi connectivity index (χ3n) is 2.93. The zero-order valence-corrected chi connectivity index (χ0v) is 10.3. The number of rotatable bonds is 4. The Morgan fingerprint density at radius 1 is 1.33 bits per heavy atom. The molecule has 0 aliphatic carbocycles. The Morgan fingerprint density at radius 3 is 2.78 bits per heavy atom. The van der Waals surface area contributed by atoms with Crippen LogP contribution in [-0.4, -0.2) is 50.3 Å². The van der Waals surface area contributed by atoms with Gasteiger partial charge in [0.15, 0.2) is 0 Å². The number of benzene rings is 1. The van der Waals surface area contributed by atoms with Gasteiger partial charge >= 0.3 is 5.97 Å². The largest absolute Gasteiger partial charge is 0.461 e.